The average Bonchev–Trinajstić information content (AvgIpc) is 2.53. The van der Waals surface area contributed by atoms with Crippen LogP contribution in [0.5, 0.6) is 0 Å². The van der Waals surface area contributed by atoms with Crippen molar-refractivity contribution in [3.63, 3.8) is 0 Å². The summed E-state index contributed by atoms with van der Waals surface area (Å²) in [5.41, 5.74) is 9.11. The van der Waals surface area contributed by atoms with Gasteiger partial charge in [-0.1, -0.05) is 26.8 Å². The van der Waals surface area contributed by atoms with Gasteiger partial charge in [-0.15, -0.1) is 0 Å². The zero-order chi connectivity index (χ0) is 18.3. The number of carbonyl (C=O) groups excluding carboxylic acids is 1. The van der Waals surface area contributed by atoms with Gasteiger partial charge in [0.05, 0.1) is 31.0 Å². The molecule has 0 fully saturated rings. The van der Waals surface area contributed by atoms with E-state index in [2.05, 4.69) is 25.7 Å². The first-order valence-electron chi connectivity index (χ1n) is 8.52. The number of rotatable bonds is 9. The van der Waals surface area contributed by atoms with Crippen LogP contribution in [-0.4, -0.2) is 39.4 Å². The third-order valence-corrected chi connectivity index (χ3v) is 4.13. The molecule has 2 N–H and O–H groups in total. The molecule has 1 aromatic rings. The highest BCUT2D eigenvalue weighted by molar-refractivity contribution is 5.72. The molecular weight excluding hydrogens is 304 g/mol. The maximum Gasteiger partial charge on any atom is 0.306 e. The monoisotopic (exact) mass is 336 g/mol. The zero-order valence-corrected chi connectivity index (χ0v) is 15.8. The van der Waals surface area contributed by atoms with Crippen LogP contribution in [0.4, 0.5) is 11.4 Å². The summed E-state index contributed by atoms with van der Waals surface area (Å²) in [6.45, 7) is 10.1. The van der Waals surface area contributed by atoms with Gasteiger partial charge in [0.25, 0.3) is 0 Å². The molecular formula is C19H32N2O3. The first-order valence-corrected chi connectivity index (χ1v) is 8.52. The lowest BCUT2D eigenvalue weighted by Crippen LogP contribution is -2.35. The Bertz CT molecular complexity index is 531. The number of esters is 1. The highest BCUT2D eigenvalue weighted by atomic mass is 16.5. The third-order valence-electron chi connectivity index (χ3n) is 4.13. The molecule has 0 aliphatic carbocycles. The fourth-order valence-corrected chi connectivity index (χ4v) is 2.72. The molecule has 1 rings (SSSR count). The predicted molar refractivity (Wildman–Crippen MR) is 99.4 cm³/mol. The fourth-order valence-electron chi connectivity index (χ4n) is 2.72. The Kier molecular flexibility index (Phi) is 8.05. The second-order valence-corrected chi connectivity index (χ2v) is 6.84. The SMILES string of the molecule is COC(=O)C[C@@H](C)c1ccc(N(CC(C)C)C[C@@H](C)OC)c(N)c1. The summed E-state index contributed by atoms with van der Waals surface area (Å²) in [6, 6.07) is 6.06. The second kappa shape index (κ2) is 9.52. The summed E-state index contributed by atoms with van der Waals surface area (Å²) in [7, 11) is 3.13. The molecule has 0 spiro atoms. The molecule has 0 radical (unpaired) electrons. The van der Waals surface area contributed by atoms with Gasteiger partial charge in [0.1, 0.15) is 0 Å². The fraction of sp³-hybridized carbons (Fsp3) is 0.632. The molecule has 2 atom stereocenters. The van der Waals surface area contributed by atoms with Crippen LogP contribution in [0.15, 0.2) is 18.2 Å². The van der Waals surface area contributed by atoms with Gasteiger partial charge in [-0.25, -0.2) is 0 Å². The molecule has 0 bridgehead atoms. The molecule has 0 unspecified atom stereocenters. The topological polar surface area (TPSA) is 64.8 Å². The Balaban J connectivity index is 2.99. The van der Waals surface area contributed by atoms with Crippen molar-refractivity contribution in [3.8, 4) is 0 Å². The van der Waals surface area contributed by atoms with Gasteiger partial charge in [-0.3, -0.25) is 4.79 Å². The van der Waals surface area contributed by atoms with Crippen molar-refractivity contribution in [1.82, 2.24) is 0 Å². The van der Waals surface area contributed by atoms with Gasteiger partial charge in [0.2, 0.25) is 0 Å². The number of carbonyl (C=O) groups is 1. The van der Waals surface area contributed by atoms with E-state index in [4.69, 9.17) is 15.2 Å². The molecule has 0 saturated heterocycles. The molecule has 0 amide bonds. The lowest BCUT2D eigenvalue weighted by atomic mass is 9.96. The molecule has 24 heavy (non-hydrogen) atoms. The van der Waals surface area contributed by atoms with Crippen LogP contribution in [-0.2, 0) is 14.3 Å². The Hall–Kier alpha value is -1.75. The summed E-state index contributed by atoms with van der Waals surface area (Å²) in [6.07, 6.45) is 0.479. The standard InChI is InChI=1S/C19H32N2O3/c1-13(2)11-21(12-15(4)23-5)18-8-7-16(10-17(18)20)14(3)9-19(22)24-6/h7-8,10,13-15H,9,11-12,20H2,1-6H3/t14-,15-/m1/s1. The molecule has 0 aliphatic heterocycles. The van der Waals surface area contributed by atoms with E-state index in [0.717, 1.165) is 30.0 Å². The Labute approximate surface area is 146 Å². The van der Waals surface area contributed by atoms with E-state index in [9.17, 15) is 4.79 Å². The maximum absolute atomic E-state index is 11.5. The number of nitrogens with zero attached hydrogens (tertiary/aromatic N) is 1. The maximum atomic E-state index is 11.5. The van der Waals surface area contributed by atoms with Crippen molar-refractivity contribution in [2.45, 2.75) is 46.1 Å². The van der Waals surface area contributed by atoms with Gasteiger partial charge in [0, 0.05) is 20.2 Å². The van der Waals surface area contributed by atoms with Crippen LogP contribution >= 0.6 is 0 Å². The normalized spacial score (nSPS) is 13.6. The average molecular weight is 336 g/mol. The molecule has 136 valence electrons. The number of hydrogen-bond acceptors (Lipinski definition) is 5. The molecule has 0 aromatic heterocycles. The number of methoxy groups -OCH3 is 2. The molecule has 0 heterocycles. The number of ether oxygens (including phenoxy) is 2. The van der Waals surface area contributed by atoms with Crippen molar-refractivity contribution in [1.29, 1.82) is 0 Å². The van der Waals surface area contributed by atoms with E-state index in [0.29, 0.717) is 12.3 Å². The van der Waals surface area contributed by atoms with Crippen LogP contribution in [0.2, 0.25) is 0 Å². The third kappa shape index (κ3) is 6.04. The van der Waals surface area contributed by atoms with Crippen molar-refractivity contribution in [2.75, 3.05) is 37.9 Å². The first-order chi connectivity index (χ1) is 11.3. The minimum absolute atomic E-state index is 0.0743. The molecule has 0 aliphatic rings. The van der Waals surface area contributed by atoms with E-state index < -0.39 is 0 Å². The largest absolute Gasteiger partial charge is 0.469 e. The Morgan fingerprint density at radius 2 is 1.83 bits per heavy atom. The van der Waals surface area contributed by atoms with Crippen molar-refractivity contribution in [2.24, 2.45) is 5.92 Å². The number of benzene rings is 1. The molecule has 1 aromatic carbocycles. The summed E-state index contributed by atoms with van der Waals surface area (Å²) in [5.74, 6) is 0.386. The number of nitrogen functional groups attached to an aromatic ring is 1. The summed E-state index contributed by atoms with van der Waals surface area (Å²) < 4.78 is 10.1. The van der Waals surface area contributed by atoms with E-state index in [1.165, 1.54) is 7.11 Å². The molecule has 0 saturated carbocycles. The minimum atomic E-state index is -0.208. The van der Waals surface area contributed by atoms with Crippen LogP contribution in [0.1, 0.15) is 45.6 Å². The van der Waals surface area contributed by atoms with Crippen molar-refractivity contribution >= 4 is 17.3 Å². The number of hydrogen-bond donors (Lipinski definition) is 1. The van der Waals surface area contributed by atoms with Crippen molar-refractivity contribution < 1.29 is 14.3 Å². The Morgan fingerprint density at radius 1 is 1.17 bits per heavy atom. The van der Waals surface area contributed by atoms with Crippen LogP contribution in [0.25, 0.3) is 0 Å². The number of anilines is 2. The predicted octanol–water partition coefficient (Wildman–Crippen LogP) is 3.43. The van der Waals surface area contributed by atoms with E-state index in [1.807, 2.05) is 25.1 Å². The summed E-state index contributed by atoms with van der Waals surface area (Å²) >= 11 is 0. The minimum Gasteiger partial charge on any atom is -0.469 e. The van der Waals surface area contributed by atoms with Crippen molar-refractivity contribution in [3.05, 3.63) is 23.8 Å². The Morgan fingerprint density at radius 3 is 2.33 bits per heavy atom. The number of nitrogens with two attached hydrogens (primary N) is 1. The lowest BCUT2D eigenvalue weighted by Gasteiger charge is -2.30. The second-order valence-electron chi connectivity index (χ2n) is 6.84. The van der Waals surface area contributed by atoms with E-state index >= 15 is 0 Å². The van der Waals surface area contributed by atoms with E-state index in [1.54, 1.807) is 7.11 Å². The highest BCUT2D eigenvalue weighted by Gasteiger charge is 2.17. The highest BCUT2D eigenvalue weighted by Crippen LogP contribution is 2.30. The lowest BCUT2D eigenvalue weighted by molar-refractivity contribution is -0.140. The summed E-state index contributed by atoms with van der Waals surface area (Å²) in [5, 5.41) is 0. The van der Waals surface area contributed by atoms with Gasteiger partial charge in [-0.05, 0) is 36.5 Å². The quantitative estimate of drug-likeness (QED) is 0.553. The molecule has 5 heteroatoms. The smallest absolute Gasteiger partial charge is 0.306 e. The molecule has 5 nitrogen and oxygen atoms in total. The van der Waals surface area contributed by atoms with Gasteiger partial charge >= 0.3 is 5.97 Å². The van der Waals surface area contributed by atoms with Crippen LogP contribution in [0, 0.1) is 5.92 Å². The summed E-state index contributed by atoms with van der Waals surface area (Å²) in [4.78, 5) is 13.7. The van der Waals surface area contributed by atoms with Gasteiger partial charge in [-0.2, -0.15) is 0 Å². The van der Waals surface area contributed by atoms with Gasteiger partial charge < -0.3 is 20.1 Å². The van der Waals surface area contributed by atoms with Crippen LogP contribution < -0.4 is 10.6 Å². The van der Waals surface area contributed by atoms with E-state index in [-0.39, 0.29) is 18.0 Å². The zero-order valence-electron chi connectivity index (χ0n) is 15.8. The first kappa shape index (κ1) is 20.3. The van der Waals surface area contributed by atoms with Gasteiger partial charge in [0.15, 0.2) is 0 Å². The van der Waals surface area contributed by atoms with Crippen LogP contribution in [0.3, 0.4) is 0 Å².